The molecule has 0 radical (unpaired) electrons. The number of hydrogen-bond acceptors (Lipinski definition) is 3. The lowest BCUT2D eigenvalue weighted by Crippen LogP contribution is -2.64. The Morgan fingerprint density at radius 2 is 1.85 bits per heavy atom. The van der Waals surface area contributed by atoms with Crippen LogP contribution in [0, 0.1) is 0 Å². The highest BCUT2D eigenvalue weighted by molar-refractivity contribution is 6.08. The molecule has 2 aromatic rings. The number of allylic oxidation sites excluding steroid dienone is 1. The van der Waals surface area contributed by atoms with E-state index in [1.165, 1.54) is 0 Å². The van der Waals surface area contributed by atoms with Crippen LogP contribution in [0.1, 0.15) is 57.9 Å². The minimum Gasteiger partial charge on any atom is -0.483 e. The van der Waals surface area contributed by atoms with Gasteiger partial charge in [-0.2, -0.15) is 0 Å². The number of H-pyrrole nitrogens is 1. The van der Waals surface area contributed by atoms with Crippen molar-refractivity contribution in [3.63, 3.8) is 0 Å². The van der Waals surface area contributed by atoms with Crippen LogP contribution in [0.25, 0.3) is 17.0 Å². The molecule has 0 aliphatic carbocycles. The van der Waals surface area contributed by atoms with Gasteiger partial charge in [0.05, 0.1) is 0 Å². The molecule has 6 rings (SSSR count). The van der Waals surface area contributed by atoms with Crippen LogP contribution < -0.4 is 4.74 Å². The number of amides is 2. The Labute approximate surface area is 193 Å². The molecule has 2 amide bonds. The van der Waals surface area contributed by atoms with Crippen molar-refractivity contribution in [3.8, 4) is 5.75 Å². The molecule has 4 aliphatic rings. The Balaban J connectivity index is 1.57. The molecule has 1 aromatic heterocycles. The molecule has 1 fully saturated rings. The molecule has 0 unspecified atom stereocenters. The van der Waals surface area contributed by atoms with Gasteiger partial charge in [0.25, 0.3) is 11.8 Å². The molecule has 6 heteroatoms. The Morgan fingerprint density at radius 1 is 1.06 bits per heavy atom. The zero-order valence-corrected chi connectivity index (χ0v) is 19.8. The number of aromatic nitrogens is 1. The van der Waals surface area contributed by atoms with Crippen molar-refractivity contribution in [1.82, 2.24) is 14.8 Å². The van der Waals surface area contributed by atoms with E-state index in [2.05, 4.69) is 43.1 Å². The number of piperazine rings is 1. The van der Waals surface area contributed by atoms with Gasteiger partial charge in [-0.15, -0.1) is 0 Å². The van der Waals surface area contributed by atoms with E-state index in [-0.39, 0.29) is 22.8 Å². The van der Waals surface area contributed by atoms with E-state index >= 15 is 0 Å². The molecule has 170 valence electrons. The van der Waals surface area contributed by atoms with Gasteiger partial charge in [0, 0.05) is 52.8 Å². The van der Waals surface area contributed by atoms with Crippen LogP contribution in [0.3, 0.4) is 0 Å². The highest BCUT2D eigenvalue weighted by Crippen LogP contribution is 2.44. The number of carbonyl (C=O) groups excluding carboxylic acids is 2. The topological polar surface area (TPSA) is 65.6 Å². The Morgan fingerprint density at radius 3 is 2.64 bits per heavy atom. The van der Waals surface area contributed by atoms with E-state index in [1.54, 1.807) is 9.80 Å². The number of nitrogens with zero attached hydrogens (tertiary/aromatic N) is 2. The van der Waals surface area contributed by atoms with E-state index in [9.17, 15) is 9.59 Å². The summed E-state index contributed by atoms with van der Waals surface area (Å²) in [6.45, 7) is 10.8. The zero-order valence-electron chi connectivity index (χ0n) is 19.8. The monoisotopic (exact) mass is 443 g/mol. The molecule has 1 saturated heterocycles. The zero-order chi connectivity index (χ0) is 23.3. The molecule has 0 saturated carbocycles. The highest BCUT2D eigenvalue weighted by Gasteiger charge is 2.53. The summed E-state index contributed by atoms with van der Waals surface area (Å²) in [6.07, 6.45) is 11.1. The van der Waals surface area contributed by atoms with Crippen molar-refractivity contribution in [1.29, 1.82) is 0 Å². The first-order valence-electron chi connectivity index (χ1n) is 11.6. The van der Waals surface area contributed by atoms with Crippen LogP contribution in [-0.2, 0) is 21.4 Å². The largest absolute Gasteiger partial charge is 0.483 e. The summed E-state index contributed by atoms with van der Waals surface area (Å²) in [5, 5.41) is 1.07. The highest BCUT2D eigenvalue weighted by atomic mass is 16.5. The predicted molar refractivity (Wildman–Crippen MR) is 128 cm³/mol. The number of rotatable bonds is 0. The molecule has 33 heavy (non-hydrogen) atoms. The average molecular weight is 444 g/mol. The van der Waals surface area contributed by atoms with E-state index < -0.39 is 5.54 Å². The van der Waals surface area contributed by atoms with Gasteiger partial charge in [0.1, 0.15) is 22.6 Å². The number of carbonyl (C=O) groups is 2. The lowest BCUT2D eigenvalue weighted by Gasteiger charge is -2.47. The maximum Gasteiger partial charge on any atom is 0.275 e. The van der Waals surface area contributed by atoms with Crippen LogP contribution in [0.2, 0.25) is 0 Å². The second kappa shape index (κ2) is 6.19. The summed E-state index contributed by atoms with van der Waals surface area (Å²) in [6, 6.07) is 4.22. The SMILES string of the molecule is CC1(C)C=Cc2cc3c4c([nH]c3cc2O1)C(C)(C)/C=C\N1C(=O)C2=CCCN2C(=O)[C@]1(C)C4. The summed E-state index contributed by atoms with van der Waals surface area (Å²) in [4.78, 5) is 34.1. The fourth-order valence-electron chi connectivity index (χ4n) is 5.65. The van der Waals surface area contributed by atoms with Crippen molar-refractivity contribution in [2.24, 2.45) is 0 Å². The van der Waals surface area contributed by atoms with Gasteiger partial charge in [-0.05, 0) is 44.9 Å². The van der Waals surface area contributed by atoms with Crippen molar-refractivity contribution in [2.45, 2.75) is 64.0 Å². The molecule has 0 bridgehead atoms. The van der Waals surface area contributed by atoms with Crippen molar-refractivity contribution < 1.29 is 14.3 Å². The average Bonchev–Trinajstić information content (AvgIpc) is 3.35. The van der Waals surface area contributed by atoms with E-state index in [0.29, 0.717) is 18.7 Å². The molecule has 1 aromatic carbocycles. The third kappa shape index (κ3) is 2.73. The van der Waals surface area contributed by atoms with Gasteiger partial charge in [-0.25, -0.2) is 0 Å². The Kier molecular flexibility index (Phi) is 3.81. The lowest BCUT2D eigenvalue weighted by atomic mass is 9.78. The quantitative estimate of drug-likeness (QED) is 0.656. The summed E-state index contributed by atoms with van der Waals surface area (Å²) >= 11 is 0. The molecular weight excluding hydrogens is 414 g/mol. The van der Waals surface area contributed by atoms with Gasteiger partial charge in [0.15, 0.2) is 0 Å². The molecule has 0 spiro atoms. The van der Waals surface area contributed by atoms with Crippen molar-refractivity contribution in [2.75, 3.05) is 6.54 Å². The van der Waals surface area contributed by atoms with E-state index in [0.717, 1.165) is 39.9 Å². The van der Waals surface area contributed by atoms with Gasteiger partial charge in [-0.1, -0.05) is 32.1 Å². The van der Waals surface area contributed by atoms with Crippen LogP contribution in [0.5, 0.6) is 5.75 Å². The van der Waals surface area contributed by atoms with Gasteiger partial charge >= 0.3 is 0 Å². The first kappa shape index (κ1) is 20.3. The Bertz CT molecular complexity index is 1340. The Hall–Kier alpha value is -3.28. The fraction of sp³-hybridized carbons (Fsp3) is 0.407. The number of hydrogen-bond donors (Lipinski definition) is 1. The summed E-state index contributed by atoms with van der Waals surface area (Å²) in [7, 11) is 0. The first-order chi connectivity index (χ1) is 15.5. The molecule has 1 atom stereocenters. The van der Waals surface area contributed by atoms with E-state index in [1.807, 2.05) is 39.1 Å². The fourth-order valence-corrected chi connectivity index (χ4v) is 5.65. The minimum absolute atomic E-state index is 0.0153. The van der Waals surface area contributed by atoms with Crippen LogP contribution in [-0.4, -0.2) is 44.3 Å². The molecule has 5 heterocycles. The number of ether oxygens (including phenoxy) is 1. The molecule has 4 aliphatic heterocycles. The van der Waals surface area contributed by atoms with E-state index in [4.69, 9.17) is 4.74 Å². The smallest absolute Gasteiger partial charge is 0.275 e. The standard InChI is InChI=1S/C27H29N3O3/c1-25(2)10-12-30-23(31)20-7-6-11-29(20)24(32)27(30,5)15-18-17-13-16-8-9-26(3,4)33-21(16)14-19(17)28-22(18)25/h7-10,12-14,28H,6,11,15H2,1-5H3/b12-10-/t27-/m0/s1. The first-order valence-corrected chi connectivity index (χ1v) is 11.6. The molecular formula is C27H29N3O3. The van der Waals surface area contributed by atoms with Crippen LogP contribution in [0.4, 0.5) is 0 Å². The van der Waals surface area contributed by atoms with Gasteiger partial charge in [0.2, 0.25) is 0 Å². The second-order valence-electron chi connectivity index (χ2n) is 11.0. The lowest BCUT2D eigenvalue weighted by molar-refractivity contribution is -0.154. The summed E-state index contributed by atoms with van der Waals surface area (Å²) in [5.41, 5.74) is 2.99. The van der Waals surface area contributed by atoms with Gasteiger partial charge < -0.3 is 14.6 Å². The number of nitrogens with one attached hydrogen (secondary N) is 1. The van der Waals surface area contributed by atoms with Crippen LogP contribution in [0.15, 0.2) is 42.3 Å². The number of fused-ring (bicyclic) bond motifs is 6. The third-order valence-corrected chi connectivity index (χ3v) is 7.54. The minimum atomic E-state index is -0.986. The number of benzene rings is 1. The number of aromatic amines is 1. The maximum absolute atomic E-state index is 13.7. The van der Waals surface area contributed by atoms with Gasteiger partial charge in [-0.3, -0.25) is 14.5 Å². The maximum atomic E-state index is 13.7. The predicted octanol–water partition coefficient (Wildman–Crippen LogP) is 4.42. The third-order valence-electron chi connectivity index (χ3n) is 7.54. The van der Waals surface area contributed by atoms with Crippen molar-refractivity contribution >= 4 is 28.8 Å². The molecule has 1 N–H and O–H groups in total. The normalized spacial score (nSPS) is 27.7. The second-order valence-corrected chi connectivity index (χ2v) is 11.0. The van der Waals surface area contributed by atoms with Crippen molar-refractivity contribution in [3.05, 3.63) is 59.1 Å². The summed E-state index contributed by atoms with van der Waals surface area (Å²) < 4.78 is 6.20. The van der Waals surface area contributed by atoms with Crippen LogP contribution >= 0.6 is 0 Å². The summed E-state index contributed by atoms with van der Waals surface area (Å²) in [5.74, 6) is 0.737. The molecule has 6 nitrogen and oxygen atoms in total.